The summed E-state index contributed by atoms with van der Waals surface area (Å²) in [5.41, 5.74) is 1.36. The number of piperidine rings is 1. The molecule has 3 rings (SSSR count). The number of rotatable bonds is 2. The maximum Gasteiger partial charge on any atom is 0.308 e. The molecule has 1 saturated heterocycles. The number of hydrogen-bond acceptors (Lipinski definition) is 3. The third-order valence-corrected chi connectivity index (χ3v) is 3.94. The van der Waals surface area contributed by atoms with Crippen LogP contribution in [0.15, 0.2) is 36.5 Å². The van der Waals surface area contributed by atoms with Crippen LogP contribution in [0.4, 0.5) is 0 Å². The second-order valence-corrected chi connectivity index (χ2v) is 5.30. The van der Waals surface area contributed by atoms with Gasteiger partial charge >= 0.3 is 5.97 Å². The molecule has 0 radical (unpaired) electrons. The molecule has 1 aliphatic heterocycles. The minimum atomic E-state index is -0.827. The van der Waals surface area contributed by atoms with Crippen molar-refractivity contribution in [1.82, 2.24) is 9.88 Å². The molecule has 1 amide bonds. The van der Waals surface area contributed by atoms with Crippen LogP contribution in [-0.2, 0) is 4.79 Å². The lowest BCUT2D eigenvalue weighted by Gasteiger charge is -2.31. The minimum Gasteiger partial charge on any atom is -0.481 e. The van der Waals surface area contributed by atoms with Gasteiger partial charge in [0.1, 0.15) is 0 Å². The van der Waals surface area contributed by atoms with Crippen molar-refractivity contribution < 1.29 is 14.7 Å². The summed E-state index contributed by atoms with van der Waals surface area (Å²) >= 11 is 0. The minimum absolute atomic E-state index is 0.112. The fourth-order valence-electron chi connectivity index (χ4n) is 2.82. The quantitative estimate of drug-likeness (QED) is 0.917. The molecule has 0 unspecified atom stereocenters. The first-order valence-electron chi connectivity index (χ1n) is 7.02. The zero-order valence-electron chi connectivity index (χ0n) is 11.5. The lowest BCUT2D eigenvalue weighted by Crippen LogP contribution is -2.42. The van der Waals surface area contributed by atoms with E-state index in [9.17, 15) is 9.59 Å². The van der Waals surface area contributed by atoms with Gasteiger partial charge in [-0.15, -0.1) is 0 Å². The van der Waals surface area contributed by atoms with Gasteiger partial charge in [0.15, 0.2) is 0 Å². The van der Waals surface area contributed by atoms with E-state index in [0.717, 1.165) is 17.3 Å². The number of amides is 1. The van der Waals surface area contributed by atoms with E-state index in [2.05, 4.69) is 4.98 Å². The van der Waals surface area contributed by atoms with Crippen LogP contribution in [0.2, 0.25) is 0 Å². The van der Waals surface area contributed by atoms with E-state index in [0.29, 0.717) is 18.5 Å². The Morgan fingerprint density at radius 3 is 2.86 bits per heavy atom. The van der Waals surface area contributed by atoms with E-state index in [1.807, 2.05) is 24.3 Å². The Morgan fingerprint density at radius 2 is 2.05 bits per heavy atom. The number of hydrogen-bond donors (Lipinski definition) is 1. The van der Waals surface area contributed by atoms with Crippen LogP contribution in [-0.4, -0.2) is 40.0 Å². The monoisotopic (exact) mass is 284 g/mol. The van der Waals surface area contributed by atoms with E-state index in [1.165, 1.54) is 0 Å². The summed E-state index contributed by atoms with van der Waals surface area (Å²) < 4.78 is 0. The number of para-hydroxylation sites is 1. The van der Waals surface area contributed by atoms with Gasteiger partial charge in [0.05, 0.1) is 17.0 Å². The van der Waals surface area contributed by atoms with E-state index in [1.54, 1.807) is 17.2 Å². The van der Waals surface area contributed by atoms with Crippen molar-refractivity contribution in [3.05, 3.63) is 42.1 Å². The molecule has 0 spiro atoms. The molecule has 1 aromatic carbocycles. The Morgan fingerprint density at radius 1 is 1.24 bits per heavy atom. The van der Waals surface area contributed by atoms with E-state index in [-0.39, 0.29) is 12.5 Å². The van der Waals surface area contributed by atoms with Crippen molar-refractivity contribution in [2.75, 3.05) is 13.1 Å². The molecule has 0 bridgehead atoms. The van der Waals surface area contributed by atoms with Crippen molar-refractivity contribution in [3.8, 4) is 0 Å². The summed E-state index contributed by atoms with van der Waals surface area (Å²) in [5, 5.41) is 9.94. The summed E-state index contributed by atoms with van der Waals surface area (Å²) in [6.45, 7) is 0.893. The Kier molecular flexibility index (Phi) is 3.56. The van der Waals surface area contributed by atoms with Crippen molar-refractivity contribution in [1.29, 1.82) is 0 Å². The van der Waals surface area contributed by atoms with E-state index >= 15 is 0 Å². The van der Waals surface area contributed by atoms with Crippen LogP contribution in [0.1, 0.15) is 23.2 Å². The molecule has 1 fully saturated rings. The van der Waals surface area contributed by atoms with Gasteiger partial charge < -0.3 is 10.0 Å². The molecule has 1 aromatic heterocycles. The van der Waals surface area contributed by atoms with Gasteiger partial charge in [-0.1, -0.05) is 18.2 Å². The zero-order valence-corrected chi connectivity index (χ0v) is 11.5. The smallest absolute Gasteiger partial charge is 0.308 e. The molecular formula is C16H16N2O3. The predicted octanol–water partition coefficient (Wildman–Crippen LogP) is 2.17. The molecule has 21 heavy (non-hydrogen) atoms. The standard InChI is InChI=1S/C16H16N2O3/c19-15(18-9-3-4-11(10-18)16(20)21)13-7-8-17-14-6-2-1-5-12(13)14/h1-2,5-8,11H,3-4,9-10H2,(H,20,21)/t11-/m1/s1. The molecule has 5 heteroatoms. The number of carboxylic acids is 1. The SMILES string of the molecule is O=C(O)[C@@H]1CCCN(C(=O)c2ccnc3ccccc23)C1. The number of aliphatic carboxylic acids is 1. The molecule has 1 atom stereocenters. The van der Waals surface area contributed by atoms with Gasteiger partial charge in [-0.05, 0) is 25.0 Å². The molecule has 2 heterocycles. The van der Waals surface area contributed by atoms with Crippen molar-refractivity contribution >= 4 is 22.8 Å². The van der Waals surface area contributed by atoms with Crippen LogP contribution >= 0.6 is 0 Å². The van der Waals surface area contributed by atoms with Gasteiger partial charge in [-0.25, -0.2) is 0 Å². The number of carbonyl (C=O) groups is 2. The summed E-state index contributed by atoms with van der Waals surface area (Å²) in [7, 11) is 0. The molecule has 1 aliphatic rings. The lowest BCUT2D eigenvalue weighted by atomic mass is 9.97. The van der Waals surface area contributed by atoms with Gasteiger partial charge in [-0.2, -0.15) is 0 Å². The first-order valence-corrected chi connectivity index (χ1v) is 7.02. The molecule has 2 aromatic rings. The van der Waals surface area contributed by atoms with Gasteiger partial charge in [0.2, 0.25) is 0 Å². The second kappa shape index (κ2) is 5.52. The van der Waals surface area contributed by atoms with Crippen LogP contribution in [0.5, 0.6) is 0 Å². The summed E-state index contributed by atoms with van der Waals surface area (Å²) in [5.74, 6) is -1.40. The number of carbonyl (C=O) groups excluding carboxylic acids is 1. The second-order valence-electron chi connectivity index (χ2n) is 5.30. The van der Waals surface area contributed by atoms with Crippen molar-refractivity contribution in [2.45, 2.75) is 12.8 Å². The molecule has 5 nitrogen and oxygen atoms in total. The highest BCUT2D eigenvalue weighted by Gasteiger charge is 2.29. The van der Waals surface area contributed by atoms with E-state index in [4.69, 9.17) is 5.11 Å². The highest BCUT2D eigenvalue weighted by molar-refractivity contribution is 6.06. The largest absolute Gasteiger partial charge is 0.481 e. The topological polar surface area (TPSA) is 70.5 Å². The van der Waals surface area contributed by atoms with Crippen LogP contribution in [0, 0.1) is 5.92 Å². The summed E-state index contributed by atoms with van der Waals surface area (Å²) in [6.07, 6.45) is 2.98. The summed E-state index contributed by atoms with van der Waals surface area (Å²) in [4.78, 5) is 29.7. The zero-order chi connectivity index (χ0) is 14.8. The Labute approximate surface area is 122 Å². The Balaban J connectivity index is 1.92. The first-order chi connectivity index (χ1) is 10.2. The number of fused-ring (bicyclic) bond motifs is 1. The van der Waals surface area contributed by atoms with Gasteiger partial charge in [-0.3, -0.25) is 14.6 Å². The number of likely N-dealkylation sites (tertiary alicyclic amines) is 1. The van der Waals surface area contributed by atoms with Gasteiger partial charge in [0, 0.05) is 24.7 Å². The van der Waals surface area contributed by atoms with E-state index < -0.39 is 11.9 Å². The summed E-state index contributed by atoms with van der Waals surface area (Å²) in [6, 6.07) is 9.19. The van der Waals surface area contributed by atoms with Crippen molar-refractivity contribution in [3.63, 3.8) is 0 Å². The van der Waals surface area contributed by atoms with Crippen LogP contribution in [0.25, 0.3) is 10.9 Å². The Hall–Kier alpha value is -2.43. The third kappa shape index (κ3) is 2.59. The van der Waals surface area contributed by atoms with Crippen LogP contribution in [0.3, 0.4) is 0 Å². The predicted molar refractivity (Wildman–Crippen MR) is 78.0 cm³/mol. The number of benzene rings is 1. The highest BCUT2D eigenvalue weighted by atomic mass is 16.4. The number of aromatic nitrogens is 1. The number of nitrogens with zero attached hydrogens (tertiary/aromatic N) is 2. The fourth-order valence-corrected chi connectivity index (χ4v) is 2.82. The lowest BCUT2D eigenvalue weighted by molar-refractivity contribution is -0.143. The molecule has 1 N–H and O–H groups in total. The normalized spacial score (nSPS) is 18.7. The molecule has 0 aliphatic carbocycles. The van der Waals surface area contributed by atoms with Crippen LogP contribution < -0.4 is 0 Å². The molecular weight excluding hydrogens is 268 g/mol. The number of pyridine rings is 1. The maximum absolute atomic E-state index is 12.7. The highest BCUT2D eigenvalue weighted by Crippen LogP contribution is 2.22. The molecule has 108 valence electrons. The number of carboxylic acid groups (broad SMARTS) is 1. The maximum atomic E-state index is 12.7. The van der Waals surface area contributed by atoms with Crippen molar-refractivity contribution in [2.24, 2.45) is 5.92 Å². The Bertz CT molecular complexity index is 693. The average Bonchev–Trinajstić information content (AvgIpc) is 2.53. The third-order valence-electron chi connectivity index (χ3n) is 3.94. The van der Waals surface area contributed by atoms with Gasteiger partial charge in [0.25, 0.3) is 5.91 Å². The molecule has 0 saturated carbocycles. The first kappa shape index (κ1) is 13.5. The average molecular weight is 284 g/mol. The fraction of sp³-hybridized carbons (Fsp3) is 0.312.